The minimum Gasteiger partial charge on any atom is -0.335 e. The van der Waals surface area contributed by atoms with Crippen molar-refractivity contribution in [2.75, 3.05) is 0 Å². The van der Waals surface area contributed by atoms with E-state index >= 15 is 0 Å². The van der Waals surface area contributed by atoms with Crippen LogP contribution in [-0.2, 0) is 13.0 Å². The van der Waals surface area contributed by atoms with Gasteiger partial charge in [-0.2, -0.15) is 0 Å². The minimum absolute atomic E-state index is 0.0166. The molecule has 0 fully saturated rings. The van der Waals surface area contributed by atoms with Crippen LogP contribution in [0.5, 0.6) is 0 Å². The summed E-state index contributed by atoms with van der Waals surface area (Å²) in [7, 11) is 0. The third-order valence-electron chi connectivity index (χ3n) is 5.06. The number of fused-ring (bicyclic) bond motifs is 1. The van der Waals surface area contributed by atoms with E-state index in [0.717, 1.165) is 17.7 Å². The lowest BCUT2D eigenvalue weighted by molar-refractivity contribution is -0.717. The summed E-state index contributed by atoms with van der Waals surface area (Å²) in [6.45, 7) is 9.37. The minimum atomic E-state index is -0.0166. The molecule has 0 saturated carbocycles. The van der Waals surface area contributed by atoms with Gasteiger partial charge in [0.25, 0.3) is 5.56 Å². The topological polar surface area (TPSA) is 51.0 Å². The van der Waals surface area contributed by atoms with Crippen LogP contribution in [0.15, 0.2) is 53.5 Å². The Morgan fingerprint density at radius 3 is 2.52 bits per heavy atom. The van der Waals surface area contributed by atoms with Crippen LogP contribution in [0.3, 0.4) is 0 Å². The largest absolute Gasteiger partial charge is 0.335 e. The Morgan fingerprint density at radius 2 is 1.85 bits per heavy atom. The zero-order valence-electron chi connectivity index (χ0n) is 16.8. The second-order valence-corrected chi connectivity index (χ2v) is 7.72. The lowest BCUT2D eigenvalue weighted by Crippen LogP contribution is -2.84. The molecule has 0 aliphatic rings. The fourth-order valence-corrected chi connectivity index (χ4v) is 3.60. The van der Waals surface area contributed by atoms with Gasteiger partial charge in [0.05, 0.1) is 0 Å². The Balaban J connectivity index is 1.79. The molecule has 0 aliphatic heterocycles. The van der Waals surface area contributed by atoms with Gasteiger partial charge in [-0.25, -0.2) is 4.98 Å². The molecule has 0 aliphatic carbocycles. The first kappa shape index (κ1) is 19.3. The first-order valence-electron chi connectivity index (χ1n) is 9.89. The van der Waals surface area contributed by atoms with Crippen molar-refractivity contribution in [1.82, 2.24) is 9.38 Å². The molecule has 1 aromatic carbocycles. The molecule has 142 valence electrons. The molecule has 0 saturated heterocycles. The molecule has 0 bridgehead atoms. The van der Waals surface area contributed by atoms with Gasteiger partial charge in [0.1, 0.15) is 23.9 Å². The molecule has 0 unspecified atom stereocenters. The van der Waals surface area contributed by atoms with Gasteiger partial charge in [0, 0.05) is 23.7 Å². The summed E-state index contributed by atoms with van der Waals surface area (Å²) in [6, 6.07) is 14.9. The molecule has 3 aromatic rings. The van der Waals surface area contributed by atoms with Gasteiger partial charge in [0.2, 0.25) is 0 Å². The molecule has 2 aromatic heterocycles. The molecule has 1 atom stereocenters. The van der Waals surface area contributed by atoms with Gasteiger partial charge in [-0.3, -0.25) is 9.20 Å². The Hall–Kier alpha value is -2.46. The highest BCUT2D eigenvalue weighted by atomic mass is 16.1. The Morgan fingerprint density at radius 1 is 1.11 bits per heavy atom. The van der Waals surface area contributed by atoms with Crippen molar-refractivity contribution < 1.29 is 5.32 Å². The summed E-state index contributed by atoms with van der Waals surface area (Å²) in [6.07, 6.45) is 4.13. The van der Waals surface area contributed by atoms with Crippen LogP contribution >= 0.6 is 0 Å². The van der Waals surface area contributed by atoms with E-state index in [0.29, 0.717) is 24.2 Å². The van der Waals surface area contributed by atoms with Crippen LogP contribution in [0.4, 0.5) is 0 Å². The molecule has 3 rings (SSSR count). The Kier molecular flexibility index (Phi) is 6.07. The number of aromatic nitrogens is 2. The molecule has 0 spiro atoms. The molecule has 4 heteroatoms. The molecular formula is C23H30N3O+. The first-order chi connectivity index (χ1) is 13.0. The SMILES string of the molecule is CCCc1ccc([C@H]([NH2+]Cc2cc(=O)n3cc(C)ccc3n2)C(C)C)cc1. The fraction of sp³-hybridized carbons (Fsp3) is 0.391. The zero-order valence-corrected chi connectivity index (χ0v) is 16.8. The second-order valence-electron chi connectivity index (χ2n) is 7.72. The Bertz CT molecular complexity index is 958. The van der Waals surface area contributed by atoms with Crippen LogP contribution in [-0.4, -0.2) is 9.38 Å². The predicted octanol–water partition coefficient (Wildman–Crippen LogP) is 3.42. The van der Waals surface area contributed by atoms with E-state index in [2.05, 4.69) is 55.3 Å². The molecule has 0 amide bonds. The number of aryl methyl sites for hydroxylation is 2. The summed E-state index contributed by atoms with van der Waals surface area (Å²) in [5.41, 5.74) is 5.30. The first-order valence-corrected chi connectivity index (χ1v) is 9.89. The highest BCUT2D eigenvalue weighted by molar-refractivity contribution is 5.39. The molecule has 27 heavy (non-hydrogen) atoms. The monoisotopic (exact) mass is 364 g/mol. The van der Waals surface area contributed by atoms with Crippen LogP contribution in [0.25, 0.3) is 5.65 Å². The van der Waals surface area contributed by atoms with Crippen molar-refractivity contribution >= 4 is 5.65 Å². The number of hydrogen-bond donors (Lipinski definition) is 1. The van der Waals surface area contributed by atoms with Crippen LogP contribution in [0.2, 0.25) is 0 Å². The zero-order chi connectivity index (χ0) is 19.4. The summed E-state index contributed by atoms with van der Waals surface area (Å²) >= 11 is 0. The number of nitrogens with two attached hydrogens (primary N) is 1. The maximum Gasteiger partial charge on any atom is 0.258 e. The number of rotatable bonds is 7. The summed E-state index contributed by atoms with van der Waals surface area (Å²) in [5.74, 6) is 0.492. The van der Waals surface area contributed by atoms with E-state index < -0.39 is 0 Å². The normalized spacial score (nSPS) is 12.6. The third kappa shape index (κ3) is 4.64. The van der Waals surface area contributed by atoms with Crippen LogP contribution in [0, 0.1) is 12.8 Å². The van der Waals surface area contributed by atoms with E-state index in [-0.39, 0.29) is 5.56 Å². The number of pyridine rings is 1. The Labute approximate surface area is 161 Å². The van der Waals surface area contributed by atoms with Gasteiger partial charge in [-0.15, -0.1) is 0 Å². The third-order valence-corrected chi connectivity index (χ3v) is 5.06. The summed E-state index contributed by atoms with van der Waals surface area (Å²) in [4.78, 5) is 17.1. The number of quaternary nitrogens is 1. The average molecular weight is 365 g/mol. The van der Waals surface area contributed by atoms with Crippen molar-refractivity contribution in [2.24, 2.45) is 5.92 Å². The van der Waals surface area contributed by atoms with E-state index in [4.69, 9.17) is 0 Å². The maximum absolute atomic E-state index is 12.4. The lowest BCUT2D eigenvalue weighted by Gasteiger charge is -2.20. The van der Waals surface area contributed by atoms with Crippen molar-refractivity contribution in [1.29, 1.82) is 0 Å². The average Bonchev–Trinajstić information content (AvgIpc) is 2.64. The van der Waals surface area contributed by atoms with Crippen molar-refractivity contribution in [2.45, 2.75) is 53.1 Å². The summed E-state index contributed by atoms with van der Waals surface area (Å²) in [5, 5.41) is 2.30. The van der Waals surface area contributed by atoms with E-state index in [1.807, 2.05) is 25.3 Å². The fourth-order valence-electron chi connectivity index (χ4n) is 3.60. The highest BCUT2D eigenvalue weighted by Crippen LogP contribution is 2.19. The molecular weight excluding hydrogens is 334 g/mol. The van der Waals surface area contributed by atoms with Gasteiger partial charge >= 0.3 is 0 Å². The van der Waals surface area contributed by atoms with Gasteiger partial charge < -0.3 is 5.32 Å². The standard InChI is InChI=1S/C23H29N3O/c1-5-6-18-8-10-19(11-9-18)23(16(2)3)24-14-20-13-22(27)26-15-17(4)7-12-21(26)25-20/h7-13,15-16,23-24H,5-6,14H2,1-4H3/p+1/t23-/m1/s1. The van der Waals surface area contributed by atoms with E-state index in [9.17, 15) is 4.79 Å². The molecule has 2 heterocycles. The number of hydrogen-bond acceptors (Lipinski definition) is 2. The van der Waals surface area contributed by atoms with Gasteiger partial charge in [-0.1, -0.05) is 57.5 Å². The maximum atomic E-state index is 12.4. The molecule has 4 nitrogen and oxygen atoms in total. The van der Waals surface area contributed by atoms with Crippen LogP contribution in [0.1, 0.15) is 55.6 Å². The van der Waals surface area contributed by atoms with Gasteiger partial charge in [-0.05, 0) is 30.5 Å². The van der Waals surface area contributed by atoms with Crippen molar-refractivity contribution in [3.63, 3.8) is 0 Å². The van der Waals surface area contributed by atoms with E-state index in [1.54, 1.807) is 10.5 Å². The predicted molar refractivity (Wildman–Crippen MR) is 110 cm³/mol. The highest BCUT2D eigenvalue weighted by Gasteiger charge is 2.19. The van der Waals surface area contributed by atoms with Crippen molar-refractivity contribution in [3.8, 4) is 0 Å². The number of benzene rings is 1. The van der Waals surface area contributed by atoms with E-state index in [1.165, 1.54) is 17.5 Å². The quantitative estimate of drug-likeness (QED) is 0.698. The van der Waals surface area contributed by atoms with Crippen LogP contribution < -0.4 is 10.9 Å². The van der Waals surface area contributed by atoms with Crippen molar-refractivity contribution in [3.05, 3.63) is 81.4 Å². The summed E-state index contributed by atoms with van der Waals surface area (Å²) < 4.78 is 1.62. The lowest BCUT2D eigenvalue weighted by atomic mass is 9.94. The van der Waals surface area contributed by atoms with Gasteiger partial charge in [0.15, 0.2) is 0 Å². The number of nitrogens with zero attached hydrogens (tertiary/aromatic N) is 2. The molecule has 2 N–H and O–H groups in total. The molecule has 0 radical (unpaired) electrons. The second kappa shape index (κ2) is 8.49. The smallest absolute Gasteiger partial charge is 0.258 e.